The van der Waals surface area contributed by atoms with Gasteiger partial charge in [-0.25, -0.2) is 0 Å². The number of carbonyl (C=O) groups excluding carboxylic acids is 2. The van der Waals surface area contributed by atoms with E-state index in [0.29, 0.717) is 25.2 Å². The number of primary amides is 1. The summed E-state index contributed by atoms with van der Waals surface area (Å²) in [6, 6.07) is 7.16. The molecule has 0 saturated carbocycles. The molecule has 0 spiro atoms. The molecule has 3 N–H and O–H groups in total. The minimum atomic E-state index is -0.422. The van der Waals surface area contributed by atoms with E-state index in [-0.39, 0.29) is 5.91 Å². The molecule has 0 aromatic heterocycles. The summed E-state index contributed by atoms with van der Waals surface area (Å²) in [7, 11) is 0. The van der Waals surface area contributed by atoms with Gasteiger partial charge in [0.05, 0.1) is 6.54 Å². The topological polar surface area (TPSA) is 75.4 Å². The second-order valence-electron chi connectivity index (χ2n) is 4.12. The predicted molar refractivity (Wildman–Crippen MR) is 63.2 cm³/mol. The zero-order valence-corrected chi connectivity index (χ0v) is 9.48. The van der Waals surface area contributed by atoms with Crippen LogP contribution >= 0.6 is 0 Å². The van der Waals surface area contributed by atoms with Gasteiger partial charge in [0, 0.05) is 25.2 Å². The lowest BCUT2D eigenvalue weighted by Gasteiger charge is -2.26. The maximum Gasteiger partial charge on any atom is 0.248 e. The lowest BCUT2D eigenvalue weighted by atomic mass is 10.1. The number of nitrogens with one attached hydrogen (secondary N) is 1. The Morgan fingerprint density at radius 1 is 1.35 bits per heavy atom. The summed E-state index contributed by atoms with van der Waals surface area (Å²) in [4.78, 5) is 24.2. The molecule has 0 radical (unpaired) electrons. The number of carbonyl (C=O) groups is 2. The Bertz CT molecular complexity index is 428. The molecule has 5 heteroatoms. The molecule has 2 amide bonds. The van der Waals surface area contributed by atoms with Crippen LogP contribution in [0, 0.1) is 0 Å². The lowest BCUT2D eigenvalue weighted by Crippen LogP contribution is -2.47. The first-order valence-electron chi connectivity index (χ1n) is 5.53. The predicted octanol–water partition coefficient (Wildman–Crippen LogP) is -0.283. The van der Waals surface area contributed by atoms with Crippen LogP contribution in [0.15, 0.2) is 24.3 Å². The van der Waals surface area contributed by atoms with Crippen molar-refractivity contribution >= 4 is 11.8 Å². The Kier molecular flexibility index (Phi) is 3.39. The highest BCUT2D eigenvalue weighted by Crippen LogP contribution is 2.08. The van der Waals surface area contributed by atoms with E-state index in [4.69, 9.17) is 5.73 Å². The normalized spacial score (nSPS) is 16.6. The third-order valence-corrected chi connectivity index (χ3v) is 2.76. The Morgan fingerprint density at radius 3 is 2.65 bits per heavy atom. The Morgan fingerprint density at radius 2 is 2.06 bits per heavy atom. The first kappa shape index (κ1) is 11.6. The van der Waals surface area contributed by atoms with E-state index < -0.39 is 5.91 Å². The Labute approximate surface area is 99.6 Å². The second kappa shape index (κ2) is 4.97. The molecule has 1 heterocycles. The smallest absolute Gasteiger partial charge is 0.248 e. The number of rotatable bonds is 3. The van der Waals surface area contributed by atoms with E-state index in [9.17, 15) is 9.59 Å². The largest absolute Gasteiger partial charge is 0.366 e. The number of benzene rings is 1. The minimum absolute atomic E-state index is 0.0602. The highest BCUT2D eigenvalue weighted by Gasteiger charge is 2.15. The quantitative estimate of drug-likeness (QED) is 0.753. The van der Waals surface area contributed by atoms with Crippen molar-refractivity contribution in [3.05, 3.63) is 35.4 Å². The first-order chi connectivity index (χ1) is 8.15. The fourth-order valence-corrected chi connectivity index (χ4v) is 1.86. The summed E-state index contributed by atoms with van der Waals surface area (Å²) in [5.74, 6) is -0.362. The monoisotopic (exact) mass is 233 g/mol. The van der Waals surface area contributed by atoms with Crippen LogP contribution < -0.4 is 11.1 Å². The van der Waals surface area contributed by atoms with Crippen molar-refractivity contribution < 1.29 is 9.59 Å². The van der Waals surface area contributed by atoms with E-state index in [2.05, 4.69) is 10.2 Å². The zero-order valence-electron chi connectivity index (χ0n) is 9.48. The van der Waals surface area contributed by atoms with Gasteiger partial charge in [-0.15, -0.1) is 0 Å². The molecule has 1 aliphatic heterocycles. The van der Waals surface area contributed by atoms with Crippen LogP contribution in [0.4, 0.5) is 0 Å². The molecule has 5 nitrogen and oxygen atoms in total. The van der Waals surface area contributed by atoms with E-state index in [0.717, 1.165) is 12.1 Å². The third kappa shape index (κ3) is 3.04. The highest BCUT2D eigenvalue weighted by atomic mass is 16.2. The van der Waals surface area contributed by atoms with Crippen molar-refractivity contribution in [2.45, 2.75) is 6.54 Å². The summed E-state index contributed by atoms with van der Waals surface area (Å²) in [5, 5.41) is 2.78. The third-order valence-electron chi connectivity index (χ3n) is 2.76. The molecule has 1 aromatic rings. The van der Waals surface area contributed by atoms with Gasteiger partial charge in [0.1, 0.15) is 0 Å². The van der Waals surface area contributed by atoms with Crippen molar-refractivity contribution in [1.82, 2.24) is 10.2 Å². The van der Waals surface area contributed by atoms with Crippen molar-refractivity contribution in [1.29, 1.82) is 0 Å². The number of nitrogens with two attached hydrogens (primary N) is 1. The van der Waals surface area contributed by atoms with Crippen LogP contribution in [0.1, 0.15) is 15.9 Å². The van der Waals surface area contributed by atoms with E-state index in [1.54, 1.807) is 12.1 Å². The molecule has 1 aromatic carbocycles. The molecule has 1 fully saturated rings. The summed E-state index contributed by atoms with van der Waals surface area (Å²) < 4.78 is 0. The van der Waals surface area contributed by atoms with Gasteiger partial charge >= 0.3 is 0 Å². The highest BCUT2D eigenvalue weighted by molar-refractivity contribution is 5.92. The molecule has 1 saturated heterocycles. The molecule has 17 heavy (non-hydrogen) atoms. The molecular formula is C12H15N3O2. The van der Waals surface area contributed by atoms with Gasteiger partial charge in [0.2, 0.25) is 11.8 Å². The van der Waals surface area contributed by atoms with E-state index in [1.165, 1.54) is 0 Å². The number of amides is 2. The number of hydrogen-bond donors (Lipinski definition) is 2. The maximum absolute atomic E-state index is 11.2. The van der Waals surface area contributed by atoms with Gasteiger partial charge in [-0.3, -0.25) is 14.5 Å². The van der Waals surface area contributed by atoms with E-state index >= 15 is 0 Å². The SMILES string of the molecule is NC(=O)c1ccc(CN2CCNC(=O)C2)cc1. The number of nitrogens with zero attached hydrogens (tertiary/aromatic N) is 1. The number of hydrogen-bond acceptors (Lipinski definition) is 3. The molecule has 0 aliphatic carbocycles. The van der Waals surface area contributed by atoms with Crippen molar-refractivity contribution in [3.63, 3.8) is 0 Å². The van der Waals surface area contributed by atoms with Crippen LogP contribution in [-0.4, -0.2) is 36.3 Å². The molecule has 2 rings (SSSR count). The molecule has 90 valence electrons. The van der Waals surface area contributed by atoms with Crippen LogP contribution in [0.2, 0.25) is 0 Å². The summed E-state index contributed by atoms with van der Waals surface area (Å²) in [5.41, 5.74) is 6.74. The van der Waals surface area contributed by atoms with Gasteiger partial charge in [0.15, 0.2) is 0 Å². The fraction of sp³-hybridized carbons (Fsp3) is 0.333. The molecule has 1 aliphatic rings. The Hall–Kier alpha value is -1.88. The van der Waals surface area contributed by atoms with E-state index in [1.807, 2.05) is 12.1 Å². The Balaban J connectivity index is 1.98. The van der Waals surface area contributed by atoms with Gasteiger partial charge in [0.25, 0.3) is 0 Å². The van der Waals surface area contributed by atoms with Gasteiger partial charge in [-0.1, -0.05) is 12.1 Å². The van der Waals surface area contributed by atoms with Gasteiger partial charge in [-0.2, -0.15) is 0 Å². The van der Waals surface area contributed by atoms with Crippen molar-refractivity contribution in [3.8, 4) is 0 Å². The van der Waals surface area contributed by atoms with Crippen LogP contribution in [-0.2, 0) is 11.3 Å². The van der Waals surface area contributed by atoms with Crippen LogP contribution in [0.3, 0.4) is 0 Å². The molecule has 0 unspecified atom stereocenters. The second-order valence-corrected chi connectivity index (χ2v) is 4.12. The zero-order chi connectivity index (χ0) is 12.3. The average Bonchev–Trinajstić information content (AvgIpc) is 2.29. The summed E-state index contributed by atoms with van der Waals surface area (Å²) >= 11 is 0. The maximum atomic E-state index is 11.2. The summed E-state index contributed by atoms with van der Waals surface area (Å²) in [6.45, 7) is 2.69. The summed E-state index contributed by atoms with van der Waals surface area (Å²) in [6.07, 6.45) is 0. The fourth-order valence-electron chi connectivity index (χ4n) is 1.86. The van der Waals surface area contributed by atoms with Crippen LogP contribution in [0.25, 0.3) is 0 Å². The van der Waals surface area contributed by atoms with Gasteiger partial charge < -0.3 is 11.1 Å². The number of piperazine rings is 1. The first-order valence-corrected chi connectivity index (χ1v) is 5.53. The van der Waals surface area contributed by atoms with Crippen molar-refractivity contribution in [2.75, 3.05) is 19.6 Å². The van der Waals surface area contributed by atoms with Crippen molar-refractivity contribution in [2.24, 2.45) is 5.73 Å². The lowest BCUT2D eigenvalue weighted by molar-refractivity contribution is -0.124. The molecule has 0 bridgehead atoms. The van der Waals surface area contributed by atoms with Crippen LogP contribution in [0.5, 0.6) is 0 Å². The van der Waals surface area contributed by atoms with Gasteiger partial charge in [-0.05, 0) is 17.7 Å². The standard InChI is InChI=1S/C12H15N3O2/c13-12(17)10-3-1-9(2-4-10)7-15-6-5-14-11(16)8-15/h1-4H,5-8H2,(H2,13,17)(H,14,16). The minimum Gasteiger partial charge on any atom is -0.366 e. The molecule has 0 atom stereocenters. The average molecular weight is 233 g/mol. The molecular weight excluding hydrogens is 218 g/mol.